The predicted molar refractivity (Wildman–Crippen MR) is 59.6 cm³/mol. The molecule has 0 radical (unpaired) electrons. The molecule has 0 saturated carbocycles. The Labute approximate surface area is 96.4 Å². The van der Waals surface area contributed by atoms with Gasteiger partial charge in [0, 0.05) is 12.1 Å². The van der Waals surface area contributed by atoms with Crippen molar-refractivity contribution in [3.8, 4) is 0 Å². The lowest BCUT2D eigenvalue weighted by atomic mass is 10.2. The summed E-state index contributed by atoms with van der Waals surface area (Å²) < 4.78 is 4.87. The summed E-state index contributed by atoms with van der Waals surface area (Å²) >= 11 is 0. The molecule has 7 nitrogen and oxygen atoms in total. The molecule has 7 heteroatoms. The van der Waals surface area contributed by atoms with Gasteiger partial charge < -0.3 is 4.74 Å². The van der Waals surface area contributed by atoms with Gasteiger partial charge in [0.25, 0.3) is 11.6 Å². The first-order chi connectivity index (χ1) is 8.11. The number of non-ortho nitro benzene ring substituents is 1. The molecule has 88 valence electrons. The lowest BCUT2D eigenvalue weighted by molar-refractivity contribution is -0.384. The first-order valence-corrected chi connectivity index (χ1v) is 4.80. The highest BCUT2D eigenvalue weighted by molar-refractivity contribution is 6.10. The molecule has 0 atom stereocenters. The fraction of sp³-hybridized carbons (Fsp3) is 0.200. The van der Waals surface area contributed by atoms with Crippen molar-refractivity contribution in [3.05, 3.63) is 34.4 Å². The number of rotatable bonds is 2. The van der Waals surface area contributed by atoms with Crippen LogP contribution in [0.3, 0.4) is 0 Å². The largest absolute Gasteiger partial charge is 0.483 e. The van der Waals surface area contributed by atoms with Crippen LogP contribution in [0, 0.1) is 10.1 Å². The van der Waals surface area contributed by atoms with Crippen LogP contribution in [0.2, 0.25) is 0 Å². The molecule has 0 N–H and O–H groups in total. The van der Waals surface area contributed by atoms with E-state index < -0.39 is 4.92 Å². The SMILES string of the molecule is COC1=NN(c2ccc([N+](=O)[O-])cc2)C(=O)C1. The van der Waals surface area contributed by atoms with Crippen LogP contribution in [0.5, 0.6) is 0 Å². The Kier molecular flexibility index (Phi) is 2.73. The normalized spacial score (nSPS) is 14.8. The molecule has 0 unspecified atom stereocenters. The third kappa shape index (κ3) is 2.07. The summed E-state index contributed by atoms with van der Waals surface area (Å²) in [6, 6.07) is 5.59. The number of amides is 1. The predicted octanol–water partition coefficient (Wildman–Crippen LogP) is 1.29. The van der Waals surface area contributed by atoms with Crippen LogP contribution in [0.25, 0.3) is 0 Å². The number of nitro groups is 1. The average Bonchev–Trinajstić information content (AvgIpc) is 2.71. The van der Waals surface area contributed by atoms with E-state index in [1.807, 2.05) is 0 Å². The Morgan fingerprint density at radius 3 is 2.53 bits per heavy atom. The molecule has 1 aliphatic rings. The van der Waals surface area contributed by atoms with E-state index in [-0.39, 0.29) is 18.0 Å². The maximum absolute atomic E-state index is 11.6. The standard InChI is InChI=1S/C10H9N3O4/c1-17-9-6-10(14)12(11-9)7-2-4-8(5-3-7)13(15)16/h2-5H,6H2,1H3. The van der Waals surface area contributed by atoms with Gasteiger partial charge in [-0.3, -0.25) is 14.9 Å². The number of hydrogen-bond donors (Lipinski definition) is 0. The van der Waals surface area contributed by atoms with Gasteiger partial charge in [-0.25, -0.2) is 0 Å². The minimum atomic E-state index is -0.501. The molecule has 0 saturated heterocycles. The van der Waals surface area contributed by atoms with E-state index in [0.29, 0.717) is 11.6 Å². The summed E-state index contributed by atoms with van der Waals surface area (Å²) in [5, 5.41) is 15.6. The third-order valence-electron chi connectivity index (χ3n) is 2.29. The van der Waals surface area contributed by atoms with Gasteiger partial charge in [-0.15, -0.1) is 5.10 Å². The zero-order chi connectivity index (χ0) is 12.4. The molecule has 1 aromatic carbocycles. The number of benzene rings is 1. The maximum atomic E-state index is 11.6. The van der Waals surface area contributed by atoms with Gasteiger partial charge in [0.15, 0.2) is 0 Å². The molecule has 17 heavy (non-hydrogen) atoms. The van der Waals surface area contributed by atoms with Crippen molar-refractivity contribution in [1.82, 2.24) is 0 Å². The van der Waals surface area contributed by atoms with Crippen LogP contribution in [0.1, 0.15) is 6.42 Å². The zero-order valence-corrected chi connectivity index (χ0v) is 8.99. The van der Waals surface area contributed by atoms with Crippen molar-refractivity contribution < 1.29 is 14.5 Å². The monoisotopic (exact) mass is 235 g/mol. The third-order valence-corrected chi connectivity index (χ3v) is 2.29. The summed E-state index contributed by atoms with van der Waals surface area (Å²) in [6.45, 7) is 0. The van der Waals surface area contributed by atoms with E-state index in [0.717, 1.165) is 0 Å². The number of carbonyl (C=O) groups is 1. The Balaban J connectivity index is 2.26. The highest BCUT2D eigenvalue weighted by Gasteiger charge is 2.26. The van der Waals surface area contributed by atoms with Crippen LogP contribution in [-0.2, 0) is 9.53 Å². The van der Waals surface area contributed by atoms with Crippen LogP contribution < -0.4 is 5.01 Å². The molecule has 1 amide bonds. The van der Waals surface area contributed by atoms with E-state index in [4.69, 9.17) is 4.74 Å². The minimum absolute atomic E-state index is 0.0312. The minimum Gasteiger partial charge on any atom is -0.483 e. The van der Waals surface area contributed by atoms with E-state index in [2.05, 4.69) is 5.10 Å². The molecule has 0 aromatic heterocycles. The summed E-state index contributed by atoms with van der Waals surface area (Å²) in [4.78, 5) is 21.5. The van der Waals surface area contributed by atoms with E-state index in [1.165, 1.54) is 36.4 Å². The van der Waals surface area contributed by atoms with Crippen molar-refractivity contribution in [2.24, 2.45) is 5.10 Å². The Hall–Kier alpha value is -2.44. The van der Waals surface area contributed by atoms with Crippen molar-refractivity contribution >= 4 is 23.2 Å². The molecule has 1 aromatic rings. The smallest absolute Gasteiger partial charge is 0.269 e. The van der Waals surface area contributed by atoms with Crippen molar-refractivity contribution in [2.75, 3.05) is 12.1 Å². The number of methoxy groups -OCH3 is 1. The van der Waals surface area contributed by atoms with Crippen LogP contribution >= 0.6 is 0 Å². The van der Waals surface area contributed by atoms with Crippen LogP contribution in [0.15, 0.2) is 29.4 Å². The number of anilines is 1. The fourth-order valence-electron chi connectivity index (χ4n) is 1.44. The highest BCUT2D eigenvalue weighted by Crippen LogP contribution is 2.23. The van der Waals surface area contributed by atoms with Crippen molar-refractivity contribution in [3.63, 3.8) is 0 Å². The molecular weight excluding hydrogens is 226 g/mol. The van der Waals surface area contributed by atoms with Gasteiger partial charge in [-0.2, -0.15) is 5.01 Å². The molecule has 2 rings (SSSR count). The number of nitrogens with zero attached hydrogens (tertiary/aromatic N) is 3. The molecule has 0 bridgehead atoms. The van der Waals surface area contributed by atoms with Gasteiger partial charge in [0.1, 0.15) is 6.42 Å². The number of hydrogen-bond acceptors (Lipinski definition) is 5. The van der Waals surface area contributed by atoms with Gasteiger partial charge in [-0.05, 0) is 12.1 Å². The number of ether oxygens (including phenoxy) is 1. The highest BCUT2D eigenvalue weighted by atomic mass is 16.6. The number of carbonyl (C=O) groups excluding carboxylic acids is 1. The first kappa shape index (κ1) is 11.1. The topological polar surface area (TPSA) is 85.0 Å². The van der Waals surface area contributed by atoms with Gasteiger partial charge in [-0.1, -0.05) is 0 Å². The Bertz CT molecular complexity index is 495. The van der Waals surface area contributed by atoms with Crippen LogP contribution in [0.4, 0.5) is 11.4 Å². The number of nitro benzene ring substituents is 1. The second kappa shape index (κ2) is 4.20. The molecule has 0 fully saturated rings. The van der Waals surface area contributed by atoms with Crippen LogP contribution in [-0.4, -0.2) is 23.8 Å². The molecule has 1 aliphatic heterocycles. The van der Waals surface area contributed by atoms with Gasteiger partial charge in [0.2, 0.25) is 5.90 Å². The zero-order valence-electron chi connectivity index (χ0n) is 8.99. The molecule has 0 spiro atoms. The lowest BCUT2D eigenvalue weighted by Gasteiger charge is -2.10. The fourth-order valence-corrected chi connectivity index (χ4v) is 1.44. The quantitative estimate of drug-likeness (QED) is 0.571. The molecule has 1 heterocycles. The van der Waals surface area contributed by atoms with Gasteiger partial charge in [0.05, 0.1) is 17.7 Å². The Morgan fingerprint density at radius 1 is 1.41 bits per heavy atom. The first-order valence-electron chi connectivity index (χ1n) is 4.80. The summed E-state index contributed by atoms with van der Waals surface area (Å²) in [7, 11) is 1.44. The number of hydrazone groups is 1. The lowest BCUT2D eigenvalue weighted by Crippen LogP contribution is -2.19. The summed E-state index contributed by atoms with van der Waals surface area (Å²) in [5.41, 5.74) is 0.448. The van der Waals surface area contributed by atoms with Crippen molar-refractivity contribution in [2.45, 2.75) is 6.42 Å². The second-order valence-electron chi connectivity index (χ2n) is 3.35. The van der Waals surface area contributed by atoms with E-state index in [1.54, 1.807) is 0 Å². The molecule has 0 aliphatic carbocycles. The van der Waals surface area contributed by atoms with Gasteiger partial charge >= 0.3 is 0 Å². The maximum Gasteiger partial charge on any atom is 0.269 e. The summed E-state index contributed by atoms with van der Waals surface area (Å²) in [6.07, 6.45) is 0.105. The van der Waals surface area contributed by atoms with E-state index in [9.17, 15) is 14.9 Å². The average molecular weight is 235 g/mol. The van der Waals surface area contributed by atoms with Crippen molar-refractivity contribution in [1.29, 1.82) is 0 Å². The summed E-state index contributed by atoms with van der Waals surface area (Å²) in [5.74, 6) is 0.101. The molecular formula is C10H9N3O4. The second-order valence-corrected chi connectivity index (χ2v) is 3.35. The Morgan fingerprint density at radius 2 is 2.06 bits per heavy atom. The van der Waals surface area contributed by atoms with E-state index >= 15 is 0 Å².